The van der Waals surface area contributed by atoms with E-state index in [9.17, 15) is 19.7 Å². The van der Waals surface area contributed by atoms with E-state index in [0.717, 1.165) is 6.07 Å². The highest BCUT2D eigenvalue weighted by atomic mass is 35.5. The molecule has 35 heavy (non-hydrogen) atoms. The minimum absolute atomic E-state index is 0.0144. The number of rotatable bonds is 6. The molecule has 0 unspecified atom stereocenters. The van der Waals surface area contributed by atoms with Gasteiger partial charge in [-0.3, -0.25) is 10.1 Å². The highest BCUT2D eigenvalue weighted by molar-refractivity contribution is 6.34. The maximum atomic E-state index is 12.4. The van der Waals surface area contributed by atoms with Crippen LogP contribution in [0.5, 0.6) is 11.5 Å². The molecule has 3 aromatic carbocycles. The summed E-state index contributed by atoms with van der Waals surface area (Å²) in [6.07, 6.45) is 1.45. The van der Waals surface area contributed by atoms with Gasteiger partial charge in [-0.15, -0.1) is 0 Å². The average molecular weight is 513 g/mol. The number of hydrogen-bond donors (Lipinski definition) is 0. The number of methoxy groups -OCH3 is 1. The van der Waals surface area contributed by atoms with Crippen LogP contribution in [0.2, 0.25) is 10.0 Å². The first-order chi connectivity index (χ1) is 16.7. The number of nitro benzene ring substituents is 1. The first-order valence-electron chi connectivity index (χ1n) is 9.88. The monoisotopic (exact) mass is 512 g/mol. The lowest BCUT2D eigenvalue weighted by Crippen LogP contribution is -2.09. The molecule has 176 valence electrons. The van der Waals surface area contributed by atoms with Gasteiger partial charge in [0, 0.05) is 17.2 Å². The van der Waals surface area contributed by atoms with Crippen molar-refractivity contribution in [1.29, 1.82) is 0 Å². The Kier molecular flexibility index (Phi) is 6.81. The third kappa shape index (κ3) is 5.32. The minimum Gasteiger partial charge on any atom is -0.493 e. The second kappa shape index (κ2) is 9.96. The standard InChI is InChI=1S/C24H14Cl2N2O7/c1-33-21-11-13(2-9-20(21)34-23(29)14-3-5-15(25)6-4-14)10-19-24(30)35-22(27-19)17-8-7-16(28(31)32)12-18(17)26/h2-12H,1H3/b19-10-. The Labute approximate surface area is 208 Å². The number of esters is 2. The van der Waals surface area contributed by atoms with Crippen molar-refractivity contribution in [3.63, 3.8) is 0 Å². The SMILES string of the molecule is COc1cc(/C=C2\N=C(c3ccc([N+](=O)[O-])cc3Cl)OC2=O)ccc1OC(=O)c1ccc(Cl)cc1. The first kappa shape index (κ1) is 23.9. The zero-order chi connectivity index (χ0) is 25.1. The summed E-state index contributed by atoms with van der Waals surface area (Å²) in [5.74, 6) is -0.992. The fourth-order valence-electron chi connectivity index (χ4n) is 3.08. The molecule has 0 aromatic heterocycles. The molecule has 0 bridgehead atoms. The van der Waals surface area contributed by atoms with Crippen LogP contribution >= 0.6 is 23.2 Å². The quantitative estimate of drug-likeness (QED) is 0.141. The third-order valence-electron chi connectivity index (χ3n) is 4.79. The number of aliphatic imine (C=N–C) groups is 1. The lowest BCUT2D eigenvalue weighted by atomic mass is 10.1. The highest BCUT2D eigenvalue weighted by Gasteiger charge is 2.26. The zero-order valence-electron chi connectivity index (χ0n) is 17.9. The first-order valence-corrected chi connectivity index (χ1v) is 10.6. The van der Waals surface area contributed by atoms with Crippen LogP contribution in [-0.2, 0) is 9.53 Å². The molecule has 0 atom stereocenters. The molecule has 0 radical (unpaired) electrons. The van der Waals surface area contributed by atoms with E-state index in [1.165, 1.54) is 43.5 Å². The van der Waals surface area contributed by atoms with Crippen LogP contribution in [-0.4, -0.2) is 29.9 Å². The number of hydrogen-bond acceptors (Lipinski definition) is 8. The van der Waals surface area contributed by atoms with Gasteiger partial charge in [0.15, 0.2) is 17.2 Å². The van der Waals surface area contributed by atoms with Crippen LogP contribution < -0.4 is 9.47 Å². The van der Waals surface area contributed by atoms with Gasteiger partial charge in [0.2, 0.25) is 5.90 Å². The van der Waals surface area contributed by atoms with Gasteiger partial charge >= 0.3 is 11.9 Å². The van der Waals surface area contributed by atoms with Crippen molar-refractivity contribution in [2.45, 2.75) is 0 Å². The van der Waals surface area contributed by atoms with Gasteiger partial charge < -0.3 is 14.2 Å². The van der Waals surface area contributed by atoms with Crippen molar-refractivity contribution >= 4 is 52.8 Å². The maximum Gasteiger partial charge on any atom is 0.363 e. The Balaban J connectivity index is 1.58. The number of halogens is 2. The van der Waals surface area contributed by atoms with E-state index >= 15 is 0 Å². The van der Waals surface area contributed by atoms with E-state index in [-0.39, 0.29) is 39.4 Å². The molecule has 1 aliphatic rings. The molecule has 0 saturated heterocycles. The lowest BCUT2D eigenvalue weighted by molar-refractivity contribution is -0.384. The van der Waals surface area contributed by atoms with Crippen molar-refractivity contribution in [1.82, 2.24) is 0 Å². The number of nitrogens with zero attached hydrogens (tertiary/aromatic N) is 2. The summed E-state index contributed by atoms with van der Waals surface area (Å²) >= 11 is 11.9. The average Bonchev–Trinajstić information content (AvgIpc) is 3.19. The number of nitro groups is 1. The highest BCUT2D eigenvalue weighted by Crippen LogP contribution is 2.31. The van der Waals surface area contributed by atoms with Gasteiger partial charge in [-0.2, -0.15) is 0 Å². The van der Waals surface area contributed by atoms with Crippen LogP contribution in [0.15, 0.2) is 71.4 Å². The fraction of sp³-hybridized carbons (Fsp3) is 0.0417. The van der Waals surface area contributed by atoms with Gasteiger partial charge in [0.05, 0.1) is 28.2 Å². The third-order valence-corrected chi connectivity index (χ3v) is 5.35. The summed E-state index contributed by atoms with van der Waals surface area (Å²) < 4.78 is 15.9. The van der Waals surface area contributed by atoms with Crippen LogP contribution in [0, 0.1) is 10.1 Å². The number of ether oxygens (including phenoxy) is 3. The van der Waals surface area contributed by atoms with Crippen molar-refractivity contribution < 1.29 is 28.7 Å². The van der Waals surface area contributed by atoms with Crippen LogP contribution in [0.25, 0.3) is 6.08 Å². The normalized spacial score (nSPS) is 13.9. The van der Waals surface area contributed by atoms with Gasteiger partial charge in [0.1, 0.15) is 0 Å². The Hall–Kier alpha value is -4.21. The van der Waals surface area contributed by atoms with Crippen molar-refractivity contribution in [2.24, 2.45) is 4.99 Å². The summed E-state index contributed by atoms with van der Waals surface area (Å²) in [7, 11) is 1.41. The largest absolute Gasteiger partial charge is 0.493 e. The molecule has 0 N–H and O–H groups in total. The Morgan fingerprint density at radius 1 is 1.06 bits per heavy atom. The van der Waals surface area contributed by atoms with E-state index in [2.05, 4.69) is 4.99 Å². The Morgan fingerprint density at radius 2 is 1.80 bits per heavy atom. The molecule has 4 rings (SSSR count). The molecular weight excluding hydrogens is 499 g/mol. The molecule has 0 aliphatic carbocycles. The molecule has 9 nitrogen and oxygen atoms in total. The summed E-state index contributed by atoms with van der Waals surface area (Å²) in [5.41, 5.74) is 0.824. The predicted molar refractivity (Wildman–Crippen MR) is 128 cm³/mol. The van der Waals surface area contributed by atoms with Gasteiger partial charge in [-0.1, -0.05) is 29.3 Å². The van der Waals surface area contributed by atoms with Crippen LogP contribution in [0.4, 0.5) is 5.69 Å². The van der Waals surface area contributed by atoms with Crippen LogP contribution in [0.1, 0.15) is 21.5 Å². The summed E-state index contributed by atoms with van der Waals surface area (Å²) in [5, 5.41) is 11.4. The van der Waals surface area contributed by atoms with Gasteiger partial charge in [-0.05, 0) is 54.1 Å². The second-order valence-electron chi connectivity index (χ2n) is 7.06. The van der Waals surface area contributed by atoms with E-state index in [4.69, 9.17) is 37.4 Å². The predicted octanol–water partition coefficient (Wildman–Crippen LogP) is 5.47. The number of non-ortho nitro benzene ring substituents is 1. The molecule has 0 saturated carbocycles. The molecule has 0 spiro atoms. The Bertz CT molecular complexity index is 1420. The zero-order valence-corrected chi connectivity index (χ0v) is 19.4. The number of cyclic esters (lactones) is 1. The molecule has 1 heterocycles. The van der Waals surface area contributed by atoms with E-state index in [1.807, 2.05) is 0 Å². The van der Waals surface area contributed by atoms with Gasteiger partial charge in [-0.25, -0.2) is 14.6 Å². The van der Waals surface area contributed by atoms with Crippen molar-refractivity contribution in [2.75, 3.05) is 7.11 Å². The van der Waals surface area contributed by atoms with E-state index in [1.54, 1.807) is 24.3 Å². The molecule has 3 aromatic rings. The smallest absolute Gasteiger partial charge is 0.363 e. The van der Waals surface area contributed by atoms with Gasteiger partial charge in [0.25, 0.3) is 5.69 Å². The molecule has 0 amide bonds. The van der Waals surface area contributed by atoms with Crippen molar-refractivity contribution in [3.05, 3.63) is 103 Å². The summed E-state index contributed by atoms with van der Waals surface area (Å²) in [4.78, 5) is 39.2. The maximum absolute atomic E-state index is 12.4. The minimum atomic E-state index is -0.730. The van der Waals surface area contributed by atoms with Crippen molar-refractivity contribution in [3.8, 4) is 11.5 Å². The molecule has 11 heteroatoms. The fourth-order valence-corrected chi connectivity index (χ4v) is 3.46. The topological polar surface area (TPSA) is 117 Å². The number of carbonyl (C=O) groups excluding carboxylic acids is 2. The van der Waals surface area contributed by atoms with E-state index < -0.39 is 16.9 Å². The van der Waals surface area contributed by atoms with Crippen LogP contribution in [0.3, 0.4) is 0 Å². The molecular formula is C24H14Cl2N2O7. The molecule has 1 aliphatic heterocycles. The molecule has 0 fully saturated rings. The number of carbonyl (C=O) groups is 2. The number of benzene rings is 3. The van der Waals surface area contributed by atoms with E-state index in [0.29, 0.717) is 16.1 Å². The summed E-state index contributed by atoms with van der Waals surface area (Å²) in [6, 6.07) is 14.6. The Morgan fingerprint density at radius 3 is 2.46 bits per heavy atom. The lowest BCUT2D eigenvalue weighted by Gasteiger charge is -2.10. The second-order valence-corrected chi connectivity index (χ2v) is 7.91. The summed E-state index contributed by atoms with van der Waals surface area (Å²) in [6.45, 7) is 0.